The van der Waals surface area contributed by atoms with Gasteiger partial charge < -0.3 is 14.7 Å². The average Bonchev–Trinajstić information content (AvgIpc) is 2.17. The summed E-state index contributed by atoms with van der Waals surface area (Å²) in [6, 6.07) is 2.09. The molecule has 1 rings (SSSR count). The molecule has 0 aromatic heterocycles. The minimum Gasteiger partial charge on any atom is -0.378 e. The quantitative estimate of drug-likeness (QED) is 0.653. The van der Waals surface area contributed by atoms with E-state index in [0.29, 0.717) is 13.0 Å². The molecule has 1 N–H and O–H groups in total. The number of likely N-dealkylation sites (N-methyl/N-ethyl adjacent to an activating group) is 1. The van der Waals surface area contributed by atoms with Crippen molar-refractivity contribution in [3.63, 3.8) is 0 Å². The van der Waals surface area contributed by atoms with E-state index in [2.05, 4.69) is 6.07 Å². The van der Waals surface area contributed by atoms with Crippen molar-refractivity contribution in [3.05, 3.63) is 0 Å². The largest absolute Gasteiger partial charge is 0.378 e. The Kier molecular flexibility index (Phi) is 3.45. The van der Waals surface area contributed by atoms with E-state index in [9.17, 15) is 10.5 Å². The van der Waals surface area contributed by atoms with Crippen LogP contribution in [0.4, 0.5) is 0 Å². The monoisotopic (exact) mass is 200 g/mol. The summed E-state index contributed by atoms with van der Waals surface area (Å²) < 4.78 is 10.6. The van der Waals surface area contributed by atoms with E-state index in [4.69, 9.17) is 9.47 Å². The van der Waals surface area contributed by atoms with Crippen molar-refractivity contribution in [1.29, 1.82) is 5.26 Å². The molecule has 0 bridgehead atoms. The van der Waals surface area contributed by atoms with Crippen molar-refractivity contribution in [2.45, 2.75) is 31.1 Å². The Balaban J connectivity index is 3.01. The molecule has 0 amide bonds. The smallest absolute Gasteiger partial charge is 0.183 e. The molecule has 0 spiro atoms. The zero-order chi connectivity index (χ0) is 10.8. The maximum absolute atomic E-state index is 9.55. The summed E-state index contributed by atoms with van der Waals surface area (Å²) in [5.74, 6) is 0. The van der Waals surface area contributed by atoms with Gasteiger partial charge >= 0.3 is 0 Å². The van der Waals surface area contributed by atoms with E-state index in [0.717, 1.165) is 5.06 Å². The Hall–Kier alpha value is -0.670. The van der Waals surface area contributed by atoms with Gasteiger partial charge in [-0.15, -0.1) is 0 Å². The zero-order valence-electron chi connectivity index (χ0n) is 8.73. The van der Waals surface area contributed by atoms with Gasteiger partial charge in [0.1, 0.15) is 0 Å². The fraction of sp³-hybridized carbons (Fsp3) is 0.889. The third-order valence-corrected chi connectivity index (χ3v) is 2.86. The van der Waals surface area contributed by atoms with Gasteiger partial charge in [-0.25, -0.2) is 0 Å². The average molecular weight is 200 g/mol. The minimum atomic E-state index is -1.10. The van der Waals surface area contributed by atoms with Gasteiger partial charge in [0.2, 0.25) is 0 Å². The van der Waals surface area contributed by atoms with Crippen LogP contribution in [0.15, 0.2) is 0 Å². The summed E-state index contributed by atoms with van der Waals surface area (Å²) >= 11 is 0. The minimum absolute atomic E-state index is 0.328. The van der Waals surface area contributed by atoms with Gasteiger partial charge in [0.15, 0.2) is 5.54 Å². The molecular formula is C9H16N2O3. The van der Waals surface area contributed by atoms with Crippen LogP contribution in [0.25, 0.3) is 0 Å². The lowest BCUT2D eigenvalue weighted by molar-refractivity contribution is -0.233. The third-order valence-electron chi connectivity index (χ3n) is 2.86. The first-order valence-electron chi connectivity index (χ1n) is 4.58. The lowest BCUT2D eigenvalue weighted by atomic mass is 9.84. The normalized spacial score (nSPS) is 38.3. The van der Waals surface area contributed by atoms with Crippen molar-refractivity contribution in [3.8, 4) is 6.07 Å². The lowest BCUT2D eigenvalue weighted by Crippen LogP contribution is -2.63. The number of hydroxylamine groups is 2. The van der Waals surface area contributed by atoms with Crippen LogP contribution in [0.5, 0.6) is 0 Å². The molecule has 1 heterocycles. The van der Waals surface area contributed by atoms with E-state index in [1.807, 2.05) is 0 Å². The van der Waals surface area contributed by atoms with Crippen LogP contribution in [-0.4, -0.2) is 48.8 Å². The summed E-state index contributed by atoms with van der Waals surface area (Å²) in [5.41, 5.74) is -1.10. The predicted octanol–water partition coefficient (Wildman–Crippen LogP) is 0.394. The second-order valence-electron chi connectivity index (χ2n) is 3.49. The topological polar surface area (TPSA) is 65.7 Å². The van der Waals surface area contributed by atoms with E-state index < -0.39 is 5.54 Å². The molecule has 0 radical (unpaired) electrons. The van der Waals surface area contributed by atoms with Gasteiger partial charge in [-0.1, -0.05) is 0 Å². The van der Waals surface area contributed by atoms with E-state index in [1.54, 1.807) is 6.92 Å². The molecule has 1 aliphatic heterocycles. The summed E-state index contributed by atoms with van der Waals surface area (Å²) in [5, 5.41) is 19.6. The molecular weight excluding hydrogens is 184 g/mol. The second-order valence-corrected chi connectivity index (χ2v) is 3.49. The molecule has 5 heteroatoms. The molecule has 0 saturated carbocycles. The molecule has 0 aromatic rings. The fourth-order valence-electron chi connectivity index (χ4n) is 1.97. The summed E-state index contributed by atoms with van der Waals surface area (Å²) in [4.78, 5) is 0. The molecule has 0 aromatic carbocycles. The number of rotatable bonds is 2. The number of nitriles is 1. The van der Waals surface area contributed by atoms with E-state index in [1.165, 1.54) is 14.2 Å². The molecule has 14 heavy (non-hydrogen) atoms. The van der Waals surface area contributed by atoms with Crippen molar-refractivity contribution in [2.24, 2.45) is 0 Å². The molecule has 5 nitrogen and oxygen atoms in total. The van der Waals surface area contributed by atoms with Crippen LogP contribution >= 0.6 is 0 Å². The number of methoxy groups -OCH3 is 1. The maximum atomic E-state index is 9.55. The van der Waals surface area contributed by atoms with Crippen molar-refractivity contribution >= 4 is 0 Å². The third kappa shape index (κ3) is 1.51. The first-order valence-corrected chi connectivity index (χ1v) is 4.58. The summed E-state index contributed by atoms with van der Waals surface area (Å²) in [7, 11) is 2.98. The molecule has 3 atom stereocenters. The van der Waals surface area contributed by atoms with Crippen molar-refractivity contribution < 1.29 is 14.7 Å². The second kappa shape index (κ2) is 4.24. The number of nitrogens with zero attached hydrogens (tertiary/aromatic N) is 2. The highest BCUT2D eigenvalue weighted by Gasteiger charge is 2.51. The van der Waals surface area contributed by atoms with Crippen molar-refractivity contribution in [1.82, 2.24) is 5.06 Å². The van der Waals surface area contributed by atoms with Crippen LogP contribution in [0, 0.1) is 11.3 Å². The number of hydrogen-bond donors (Lipinski definition) is 1. The summed E-state index contributed by atoms with van der Waals surface area (Å²) in [6.45, 7) is 2.32. The highest BCUT2D eigenvalue weighted by atomic mass is 16.5. The van der Waals surface area contributed by atoms with E-state index >= 15 is 0 Å². The van der Waals surface area contributed by atoms with Gasteiger partial charge in [0, 0.05) is 20.8 Å². The number of ether oxygens (including phenoxy) is 2. The fourth-order valence-corrected chi connectivity index (χ4v) is 1.97. The van der Waals surface area contributed by atoms with Crippen molar-refractivity contribution in [2.75, 3.05) is 20.8 Å². The predicted molar refractivity (Wildman–Crippen MR) is 48.7 cm³/mol. The van der Waals surface area contributed by atoms with Crippen LogP contribution in [0.2, 0.25) is 0 Å². The van der Waals surface area contributed by atoms with Gasteiger partial charge in [-0.3, -0.25) is 0 Å². The van der Waals surface area contributed by atoms with Crippen LogP contribution < -0.4 is 0 Å². The highest BCUT2D eigenvalue weighted by molar-refractivity contribution is 5.16. The van der Waals surface area contributed by atoms with Crippen LogP contribution in [0.3, 0.4) is 0 Å². The first-order chi connectivity index (χ1) is 6.59. The Bertz CT molecular complexity index is 239. The molecule has 1 saturated heterocycles. The summed E-state index contributed by atoms with van der Waals surface area (Å²) in [6.07, 6.45) is -0.0910. The standard InChI is InChI=1S/C9H16N2O3/c1-7-9(6-10,11(2)12)8(13-3)4-5-14-7/h7-8,12H,4-5H2,1-3H3/t7?,8?,9-/m1/s1. The van der Waals surface area contributed by atoms with Gasteiger partial charge in [0.05, 0.1) is 18.3 Å². The lowest BCUT2D eigenvalue weighted by Gasteiger charge is -2.44. The van der Waals surface area contributed by atoms with Crippen LogP contribution in [0.1, 0.15) is 13.3 Å². The molecule has 1 aliphatic rings. The molecule has 2 unspecified atom stereocenters. The SMILES string of the molecule is COC1CCOC(C)[C@@]1(C#N)N(C)O. The van der Waals surface area contributed by atoms with Gasteiger partial charge in [-0.05, 0) is 13.3 Å². The molecule has 80 valence electrons. The highest BCUT2D eigenvalue weighted by Crippen LogP contribution is 2.31. The maximum Gasteiger partial charge on any atom is 0.183 e. The Morgan fingerprint density at radius 2 is 2.36 bits per heavy atom. The Morgan fingerprint density at radius 1 is 1.71 bits per heavy atom. The first kappa shape index (κ1) is 11.4. The zero-order valence-corrected chi connectivity index (χ0v) is 8.73. The Labute approximate surface area is 83.8 Å². The van der Waals surface area contributed by atoms with Gasteiger partial charge in [0.25, 0.3) is 0 Å². The van der Waals surface area contributed by atoms with Gasteiger partial charge in [-0.2, -0.15) is 10.3 Å². The Morgan fingerprint density at radius 3 is 2.71 bits per heavy atom. The number of hydrogen-bond acceptors (Lipinski definition) is 5. The molecule has 1 fully saturated rings. The molecule has 0 aliphatic carbocycles. The van der Waals surface area contributed by atoms with E-state index in [-0.39, 0.29) is 12.2 Å². The van der Waals surface area contributed by atoms with Crippen LogP contribution in [-0.2, 0) is 9.47 Å².